The quantitative estimate of drug-likeness (QED) is 0.415. The Kier molecular flexibility index (Phi) is 12.0. The molecule has 1 aromatic carbocycles. The summed E-state index contributed by atoms with van der Waals surface area (Å²) in [5, 5.41) is 6.83. The standard InChI is InChI=1S/C23H41N5O/c1-7-27(8-2)17-11-12-19(5)26-23(24-6)25-18-20-13-15-21(16-14-20)22(29)28(9-3)10-4/h13-16,19H,7-12,17-18H2,1-6H3,(H2,24,25,26). The van der Waals surface area contributed by atoms with Crippen LogP contribution in [0.5, 0.6) is 0 Å². The van der Waals surface area contributed by atoms with Crippen molar-refractivity contribution >= 4 is 11.9 Å². The van der Waals surface area contributed by atoms with E-state index in [0.717, 1.165) is 56.2 Å². The largest absolute Gasteiger partial charge is 0.354 e. The molecule has 2 N–H and O–H groups in total. The van der Waals surface area contributed by atoms with Crippen LogP contribution in [-0.4, -0.2) is 67.5 Å². The average Bonchev–Trinajstić information content (AvgIpc) is 2.75. The minimum absolute atomic E-state index is 0.0884. The Bertz CT molecular complexity index is 606. The summed E-state index contributed by atoms with van der Waals surface area (Å²) in [5.41, 5.74) is 1.86. The van der Waals surface area contributed by atoms with Gasteiger partial charge >= 0.3 is 0 Å². The lowest BCUT2D eigenvalue weighted by atomic mass is 10.1. The number of nitrogens with one attached hydrogen (secondary N) is 2. The Morgan fingerprint density at radius 2 is 1.66 bits per heavy atom. The monoisotopic (exact) mass is 403 g/mol. The van der Waals surface area contributed by atoms with Gasteiger partial charge in [-0.15, -0.1) is 0 Å². The molecule has 0 aliphatic rings. The lowest BCUT2D eigenvalue weighted by Gasteiger charge is -2.21. The van der Waals surface area contributed by atoms with Crippen molar-refractivity contribution in [3.8, 4) is 0 Å². The molecule has 6 heteroatoms. The van der Waals surface area contributed by atoms with Crippen LogP contribution >= 0.6 is 0 Å². The molecule has 1 rings (SSSR count). The van der Waals surface area contributed by atoms with Crippen molar-refractivity contribution in [2.45, 2.75) is 60.0 Å². The maximum absolute atomic E-state index is 12.4. The Hall–Kier alpha value is -2.08. The van der Waals surface area contributed by atoms with E-state index in [-0.39, 0.29) is 5.91 Å². The van der Waals surface area contributed by atoms with Crippen LogP contribution in [0.15, 0.2) is 29.3 Å². The molecule has 0 saturated carbocycles. The molecule has 1 amide bonds. The molecule has 0 aliphatic heterocycles. The molecule has 1 unspecified atom stereocenters. The Morgan fingerprint density at radius 1 is 1.03 bits per heavy atom. The molecule has 0 aliphatic carbocycles. The summed E-state index contributed by atoms with van der Waals surface area (Å²) >= 11 is 0. The molecule has 29 heavy (non-hydrogen) atoms. The summed E-state index contributed by atoms with van der Waals surface area (Å²) in [6.45, 7) is 16.1. The van der Waals surface area contributed by atoms with Gasteiger partial charge in [0.05, 0.1) is 0 Å². The van der Waals surface area contributed by atoms with Crippen molar-refractivity contribution in [3.63, 3.8) is 0 Å². The Morgan fingerprint density at radius 3 is 2.17 bits per heavy atom. The third kappa shape index (κ3) is 8.86. The molecule has 0 heterocycles. The number of hydrogen-bond donors (Lipinski definition) is 2. The minimum Gasteiger partial charge on any atom is -0.354 e. The molecule has 0 fully saturated rings. The van der Waals surface area contributed by atoms with Gasteiger partial charge in [-0.05, 0) is 70.9 Å². The number of amides is 1. The molecule has 6 nitrogen and oxygen atoms in total. The zero-order valence-electron chi connectivity index (χ0n) is 19.3. The minimum atomic E-state index is 0.0884. The Balaban J connectivity index is 2.47. The number of benzene rings is 1. The first kappa shape index (κ1) is 25.0. The first-order valence-corrected chi connectivity index (χ1v) is 11.1. The van der Waals surface area contributed by atoms with Gasteiger partial charge in [-0.2, -0.15) is 0 Å². The van der Waals surface area contributed by atoms with Gasteiger partial charge in [0.2, 0.25) is 0 Å². The molecular weight excluding hydrogens is 362 g/mol. The van der Waals surface area contributed by atoms with E-state index in [9.17, 15) is 4.79 Å². The summed E-state index contributed by atoms with van der Waals surface area (Å²) in [5.74, 6) is 0.897. The van der Waals surface area contributed by atoms with E-state index < -0.39 is 0 Å². The van der Waals surface area contributed by atoms with E-state index in [2.05, 4.69) is 41.3 Å². The Labute approximate surface area is 177 Å². The van der Waals surface area contributed by atoms with Crippen LogP contribution in [0.3, 0.4) is 0 Å². The first-order valence-electron chi connectivity index (χ1n) is 11.1. The van der Waals surface area contributed by atoms with Gasteiger partial charge in [0.15, 0.2) is 5.96 Å². The fourth-order valence-corrected chi connectivity index (χ4v) is 3.31. The first-order chi connectivity index (χ1) is 14.0. The second-order valence-corrected chi connectivity index (χ2v) is 7.31. The number of carbonyl (C=O) groups is 1. The maximum atomic E-state index is 12.4. The fraction of sp³-hybridized carbons (Fsp3) is 0.652. The van der Waals surface area contributed by atoms with Gasteiger partial charge < -0.3 is 20.4 Å². The molecule has 0 radical (unpaired) electrons. The molecular formula is C23H41N5O. The second-order valence-electron chi connectivity index (χ2n) is 7.31. The van der Waals surface area contributed by atoms with Crippen molar-refractivity contribution < 1.29 is 4.79 Å². The van der Waals surface area contributed by atoms with Gasteiger partial charge in [-0.3, -0.25) is 9.79 Å². The van der Waals surface area contributed by atoms with E-state index in [1.807, 2.05) is 43.0 Å². The van der Waals surface area contributed by atoms with Crippen molar-refractivity contribution in [1.29, 1.82) is 0 Å². The van der Waals surface area contributed by atoms with Crippen molar-refractivity contribution in [3.05, 3.63) is 35.4 Å². The normalized spacial score (nSPS) is 12.7. The summed E-state index contributed by atoms with van der Waals surface area (Å²) in [4.78, 5) is 21.0. The van der Waals surface area contributed by atoms with Crippen molar-refractivity contribution in [1.82, 2.24) is 20.4 Å². The lowest BCUT2D eigenvalue weighted by molar-refractivity contribution is 0.0773. The van der Waals surface area contributed by atoms with Crippen LogP contribution in [0.1, 0.15) is 63.4 Å². The molecule has 1 atom stereocenters. The van der Waals surface area contributed by atoms with Crippen LogP contribution in [0.4, 0.5) is 0 Å². The predicted molar refractivity (Wildman–Crippen MR) is 124 cm³/mol. The van der Waals surface area contributed by atoms with Gasteiger partial charge in [0.25, 0.3) is 5.91 Å². The van der Waals surface area contributed by atoms with Gasteiger partial charge in [-0.25, -0.2) is 0 Å². The molecule has 0 spiro atoms. The molecule has 164 valence electrons. The number of aliphatic imine (C=N–C) groups is 1. The number of nitrogens with zero attached hydrogens (tertiary/aromatic N) is 3. The summed E-state index contributed by atoms with van der Waals surface area (Å²) in [6.07, 6.45) is 2.29. The number of rotatable bonds is 12. The van der Waals surface area contributed by atoms with E-state index in [1.165, 1.54) is 6.42 Å². The third-order valence-corrected chi connectivity index (χ3v) is 5.32. The molecule has 0 bridgehead atoms. The highest BCUT2D eigenvalue weighted by Gasteiger charge is 2.12. The number of hydrogen-bond acceptors (Lipinski definition) is 3. The zero-order chi connectivity index (χ0) is 21.6. The van der Waals surface area contributed by atoms with Crippen LogP contribution in [0.2, 0.25) is 0 Å². The second kappa shape index (κ2) is 14.0. The topological polar surface area (TPSA) is 60.0 Å². The number of carbonyl (C=O) groups excluding carboxylic acids is 1. The maximum Gasteiger partial charge on any atom is 0.253 e. The SMILES string of the molecule is CCN(CC)CCCC(C)NC(=NC)NCc1ccc(C(=O)N(CC)CC)cc1. The van der Waals surface area contributed by atoms with Crippen molar-refractivity contribution in [2.75, 3.05) is 39.8 Å². The number of guanidine groups is 1. The predicted octanol–water partition coefficient (Wildman–Crippen LogP) is 3.34. The highest BCUT2D eigenvalue weighted by atomic mass is 16.2. The fourth-order valence-electron chi connectivity index (χ4n) is 3.31. The zero-order valence-corrected chi connectivity index (χ0v) is 19.3. The molecule has 1 aromatic rings. The van der Waals surface area contributed by atoms with Gasteiger partial charge in [-0.1, -0.05) is 26.0 Å². The van der Waals surface area contributed by atoms with E-state index >= 15 is 0 Å². The third-order valence-electron chi connectivity index (χ3n) is 5.32. The van der Waals surface area contributed by atoms with E-state index in [0.29, 0.717) is 12.6 Å². The van der Waals surface area contributed by atoms with Crippen LogP contribution in [0.25, 0.3) is 0 Å². The van der Waals surface area contributed by atoms with Crippen LogP contribution in [0, 0.1) is 0 Å². The van der Waals surface area contributed by atoms with Crippen LogP contribution in [-0.2, 0) is 6.54 Å². The van der Waals surface area contributed by atoms with E-state index in [4.69, 9.17) is 0 Å². The summed E-state index contributed by atoms with van der Waals surface area (Å²) in [6, 6.07) is 8.19. The lowest BCUT2D eigenvalue weighted by Crippen LogP contribution is -2.42. The average molecular weight is 404 g/mol. The highest BCUT2D eigenvalue weighted by Crippen LogP contribution is 2.08. The van der Waals surface area contributed by atoms with Gasteiger partial charge in [0.1, 0.15) is 0 Å². The van der Waals surface area contributed by atoms with Crippen molar-refractivity contribution in [2.24, 2.45) is 4.99 Å². The summed E-state index contributed by atoms with van der Waals surface area (Å²) in [7, 11) is 1.80. The summed E-state index contributed by atoms with van der Waals surface area (Å²) < 4.78 is 0. The smallest absolute Gasteiger partial charge is 0.253 e. The molecule has 0 saturated heterocycles. The van der Waals surface area contributed by atoms with Gasteiger partial charge in [0, 0.05) is 38.3 Å². The van der Waals surface area contributed by atoms with E-state index in [1.54, 1.807) is 7.05 Å². The van der Waals surface area contributed by atoms with Crippen LogP contribution < -0.4 is 10.6 Å². The highest BCUT2D eigenvalue weighted by molar-refractivity contribution is 5.94. The molecule has 0 aromatic heterocycles.